The van der Waals surface area contributed by atoms with Gasteiger partial charge in [-0.1, -0.05) is 30.1 Å². The molecular formula is C17H23Cl2NO4S. The van der Waals surface area contributed by atoms with E-state index in [1.807, 2.05) is 6.92 Å². The third kappa shape index (κ3) is 6.04. The Morgan fingerprint density at radius 2 is 2.12 bits per heavy atom. The summed E-state index contributed by atoms with van der Waals surface area (Å²) in [5.41, 5.74) is 0. The van der Waals surface area contributed by atoms with Crippen molar-refractivity contribution in [2.45, 2.75) is 38.6 Å². The van der Waals surface area contributed by atoms with Crippen molar-refractivity contribution in [3.8, 4) is 5.75 Å². The van der Waals surface area contributed by atoms with Gasteiger partial charge >= 0.3 is 0 Å². The van der Waals surface area contributed by atoms with Crippen molar-refractivity contribution in [1.82, 2.24) is 4.90 Å². The summed E-state index contributed by atoms with van der Waals surface area (Å²) in [5, 5.41) is 0.969. The maximum atomic E-state index is 12.5. The summed E-state index contributed by atoms with van der Waals surface area (Å²) in [7, 11) is -3.01. The van der Waals surface area contributed by atoms with Crippen molar-refractivity contribution < 1.29 is 17.9 Å². The maximum absolute atomic E-state index is 12.5. The van der Waals surface area contributed by atoms with Gasteiger partial charge in [0.25, 0.3) is 0 Å². The number of amides is 1. The molecule has 0 spiro atoms. The number of carbonyl (C=O) groups excluding carboxylic acids is 1. The molecule has 1 saturated heterocycles. The van der Waals surface area contributed by atoms with Crippen LogP contribution in [-0.4, -0.2) is 49.9 Å². The Morgan fingerprint density at radius 3 is 2.72 bits per heavy atom. The Bertz CT molecular complexity index is 709. The fraction of sp³-hybridized carbons (Fsp3) is 0.588. The number of ether oxygens (including phenoxy) is 1. The highest BCUT2D eigenvalue weighted by molar-refractivity contribution is 7.91. The van der Waals surface area contributed by atoms with E-state index in [0.29, 0.717) is 48.2 Å². The summed E-state index contributed by atoms with van der Waals surface area (Å²) < 4.78 is 28.9. The van der Waals surface area contributed by atoms with Gasteiger partial charge in [-0.3, -0.25) is 4.79 Å². The van der Waals surface area contributed by atoms with Crippen LogP contribution in [0.5, 0.6) is 5.75 Å². The first kappa shape index (κ1) is 20.3. The topological polar surface area (TPSA) is 63.7 Å². The molecule has 1 fully saturated rings. The lowest BCUT2D eigenvalue weighted by atomic mass is 10.2. The molecule has 25 heavy (non-hydrogen) atoms. The van der Waals surface area contributed by atoms with E-state index >= 15 is 0 Å². The second kappa shape index (κ2) is 9.10. The van der Waals surface area contributed by atoms with E-state index < -0.39 is 9.84 Å². The highest BCUT2D eigenvalue weighted by Crippen LogP contribution is 2.27. The number of sulfone groups is 1. The van der Waals surface area contributed by atoms with Gasteiger partial charge in [0.15, 0.2) is 9.84 Å². The minimum atomic E-state index is -3.01. The molecule has 1 aromatic carbocycles. The van der Waals surface area contributed by atoms with Crippen LogP contribution in [0.4, 0.5) is 0 Å². The number of benzene rings is 1. The van der Waals surface area contributed by atoms with Crippen molar-refractivity contribution in [3.05, 3.63) is 28.2 Å². The van der Waals surface area contributed by atoms with Crippen LogP contribution < -0.4 is 4.74 Å². The third-order valence-corrected chi connectivity index (χ3v) is 6.40. The Morgan fingerprint density at radius 1 is 1.36 bits per heavy atom. The second-order valence-corrected chi connectivity index (χ2v) is 9.24. The van der Waals surface area contributed by atoms with Crippen LogP contribution in [0, 0.1) is 0 Å². The molecule has 1 amide bonds. The first-order valence-corrected chi connectivity index (χ1v) is 11.0. The van der Waals surface area contributed by atoms with E-state index in [0.717, 1.165) is 6.42 Å². The van der Waals surface area contributed by atoms with E-state index in [4.69, 9.17) is 27.9 Å². The van der Waals surface area contributed by atoms with Gasteiger partial charge in [-0.15, -0.1) is 0 Å². The lowest BCUT2D eigenvalue weighted by Gasteiger charge is -2.28. The number of carbonyl (C=O) groups is 1. The fourth-order valence-corrected chi connectivity index (χ4v) is 5.11. The van der Waals surface area contributed by atoms with Crippen molar-refractivity contribution in [2.75, 3.05) is 24.7 Å². The lowest BCUT2D eigenvalue weighted by Crippen LogP contribution is -2.41. The molecule has 0 aromatic heterocycles. The average molecular weight is 408 g/mol. The lowest BCUT2D eigenvalue weighted by molar-refractivity contribution is -0.133. The molecule has 0 aliphatic carbocycles. The second-order valence-electron chi connectivity index (χ2n) is 6.17. The van der Waals surface area contributed by atoms with Crippen LogP contribution in [0.3, 0.4) is 0 Å². The van der Waals surface area contributed by atoms with Crippen molar-refractivity contribution in [1.29, 1.82) is 0 Å². The fourth-order valence-electron chi connectivity index (χ4n) is 2.91. The standard InChI is InChI=1S/C17H23Cl2NO4S/c1-2-8-20(14-7-10-25(22,23)12-14)17(21)4-3-9-24-16-6-5-13(18)11-15(16)19/h5-6,11,14H,2-4,7-10,12H2,1H3. The van der Waals surface area contributed by atoms with E-state index in [-0.39, 0.29) is 23.5 Å². The van der Waals surface area contributed by atoms with Gasteiger partial charge in [-0.05, 0) is 37.5 Å². The highest BCUT2D eigenvalue weighted by atomic mass is 35.5. The average Bonchev–Trinajstić information content (AvgIpc) is 2.90. The predicted molar refractivity (Wildman–Crippen MR) is 100 cm³/mol. The monoisotopic (exact) mass is 407 g/mol. The van der Waals surface area contributed by atoms with Gasteiger partial charge in [0.05, 0.1) is 23.1 Å². The molecule has 1 unspecified atom stereocenters. The summed E-state index contributed by atoms with van der Waals surface area (Å²) >= 11 is 11.9. The minimum Gasteiger partial charge on any atom is -0.492 e. The molecule has 0 N–H and O–H groups in total. The quantitative estimate of drug-likeness (QED) is 0.617. The largest absolute Gasteiger partial charge is 0.492 e. The van der Waals surface area contributed by atoms with E-state index in [1.165, 1.54) is 0 Å². The van der Waals surface area contributed by atoms with Gasteiger partial charge in [-0.2, -0.15) is 0 Å². The highest BCUT2D eigenvalue weighted by Gasteiger charge is 2.33. The van der Waals surface area contributed by atoms with Crippen LogP contribution in [0.1, 0.15) is 32.6 Å². The molecule has 2 rings (SSSR count). The van der Waals surface area contributed by atoms with Gasteiger partial charge < -0.3 is 9.64 Å². The van der Waals surface area contributed by atoms with Crippen molar-refractivity contribution in [2.24, 2.45) is 0 Å². The molecule has 1 atom stereocenters. The third-order valence-electron chi connectivity index (χ3n) is 4.12. The molecule has 8 heteroatoms. The summed E-state index contributed by atoms with van der Waals surface area (Å²) in [4.78, 5) is 14.2. The Balaban J connectivity index is 1.82. The van der Waals surface area contributed by atoms with Crippen molar-refractivity contribution in [3.63, 3.8) is 0 Å². The molecular weight excluding hydrogens is 385 g/mol. The van der Waals surface area contributed by atoms with E-state index in [9.17, 15) is 13.2 Å². The molecule has 140 valence electrons. The number of rotatable bonds is 8. The predicted octanol–water partition coefficient (Wildman–Crippen LogP) is 3.58. The molecule has 0 radical (unpaired) electrons. The smallest absolute Gasteiger partial charge is 0.222 e. The normalized spacial score (nSPS) is 18.9. The molecule has 1 aliphatic rings. The molecule has 1 aliphatic heterocycles. The first-order chi connectivity index (χ1) is 11.8. The minimum absolute atomic E-state index is 0.0187. The number of halogens is 2. The van der Waals surface area contributed by atoms with Crippen LogP contribution in [0.25, 0.3) is 0 Å². The van der Waals surface area contributed by atoms with Crippen LogP contribution >= 0.6 is 23.2 Å². The van der Waals surface area contributed by atoms with Gasteiger partial charge in [0, 0.05) is 24.0 Å². The maximum Gasteiger partial charge on any atom is 0.222 e. The summed E-state index contributed by atoms with van der Waals surface area (Å²) in [6, 6.07) is 4.80. The van der Waals surface area contributed by atoms with E-state index in [1.54, 1.807) is 23.1 Å². The summed E-state index contributed by atoms with van der Waals surface area (Å²) in [6.07, 6.45) is 2.20. The first-order valence-electron chi connectivity index (χ1n) is 8.40. The molecule has 1 aromatic rings. The summed E-state index contributed by atoms with van der Waals surface area (Å²) in [6.45, 7) is 2.92. The van der Waals surface area contributed by atoms with Crippen molar-refractivity contribution >= 4 is 38.9 Å². The van der Waals surface area contributed by atoms with Gasteiger partial charge in [0.1, 0.15) is 5.75 Å². The van der Waals surface area contributed by atoms with Crippen LogP contribution in [0.15, 0.2) is 18.2 Å². The zero-order chi connectivity index (χ0) is 18.4. The molecule has 5 nitrogen and oxygen atoms in total. The van der Waals surface area contributed by atoms with Crippen LogP contribution in [0.2, 0.25) is 10.0 Å². The van der Waals surface area contributed by atoms with Gasteiger partial charge in [0.2, 0.25) is 5.91 Å². The Labute approximate surface area is 159 Å². The molecule has 0 bridgehead atoms. The van der Waals surface area contributed by atoms with Gasteiger partial charge in [-0.25, -0.2) is 8.42 Å². The zero-order valence-corrected chi connectivity index (χ0v) is 16.5. The summed E-state index contributed by atoms with van der Waals surface area (Å²) in [5.74, 6) is 0.763. The number of hydrogen-bond donors (Lipinski definition) is 0. The Kier molecular flexibility index (Phi) is 7.40. The zero-order valence-electron chi connectivity index (χ0n) is 14.2. The number of hydrogen-bond acceptors (Lipinski definition) is 4. The van der Waals surface area contributed by atoms with E-state index in [2.05, 4.69) is 0 Å². The SMILES string of the molecule is CCCN(C(=O)CCCOc1ccc(Cl)cc1Cl)C1CCS(=O)(=O)C1. The molecule has 1 heterocycles. The molecule has 0 saturated carbocycles. The number of nitrogens with zero attached hydrogens (tertiary/aromatic N) is 1. The van der Waals surface area contributed by atoms with Crippen LogP contribution in [-0.2, 0) is 14.6 Å². The Hall–Kier alpha value is -0.980.